The van der Waals surface area contributed by atoms with Crippen LogP contribution in [0.25, 0.3) is 0 Å². The van der Waals surface area contributed by atoms with Crippen molar-refractivity contribution in [3.8, 4) is 0 Å². The molecule has 0 radical (unpaired) electrons. The Morgan fingerprint density at radius 1 is 1.21 bits per heavy atom. The molecule has 0 aliphatic carbocycles. The van der Waals surface area contributed by atoms with Crippen LogP contribution >= 0.6 is 10.7 Å². The van der Waals surface area contributed by atoms with Gasteiger partial charge < -0.3 is 4.90 Å². The quantitative estimate of drug-likeness (QED) is 0.620. The summed E-state index contributed by atoms with van der Waals surface area (Å²) in [6.07, 6.45) is 1.09. The maximum absolute atomic E-state index is 11.1. The third kappa shape index (κ3) is 2.05. The molecule has 0 aromatic heterocycles. The number of likely N-dealkylation sites (tertiary alicyclic amines) is 1. The number of hydrogen-bond acceptors (Lipinski definition) is 3. The minimum absolute atomic E-state index is 0.474. The number of fused-ring (bicyclic) bond motifs is 1. The lowest BCUT2D eigenvalue weighted by atomic mass is 9.89. The second kappa shape index (κ2) is 3.63. The molecule has 2 unspecified atom stereocenters. The summed E-state index contributed by atoms with van der Waals surface area (Å²) in [6, 6.07) is 0. The van der Waals surface area contributed by atoms with Crippen LogP contribution in [-0.2, 0) is 9.24 Å². The molecular weight excluding hydrogens is 224 g/mol. The van der Waals surface area contributed by atoms with E-state index >= 15 is 0 Å². The van der Waals surface area contributed by atoms with Crippen molar-refractivity contribution >= 4 is 19.9 Å². The Morgan fingerprint density at radius 2 is 1.86 bits per heavy atom. The molecule has 2 aliphatic heterocycles. The van der Waals surface area contributed by atoms with Gasteiger partial charge in [0.2, 0.25) is 0 Å². The predicted molar refractivity (Wildman–Crippen MR) is 55.4 cm³/mol. The number of piperidine rings is 1. The van der Waals surface area contributed by atoms with Crippen molar-refractivity contribution in [3.05, 3.63) is 0 Å². The molecular formula is C8H15ClN2O2S. The van der Waals surface area contributed by atoms with Gasteiger partial charge >= 0.3 is 0 Å². The van der Waals surface area contributed by atoms with Crippen molar-refractivity contribution in [3.63, 3.8) is 0 Å². The van der Waals surface area contributed by atoms with Gasteiger partial charge in [-0.05, 0) is 31.8 Å². The zero-order valence-corrected chi connectivity index (χ0v) is 9.76. The molecule has 0 aromatic rings. The lowest BCUT2D eigenvalue weighted by Gasteiger charge is -2.31. The fourth-order valence-electron chi connectivity index (χ4n) is 2.49. The first-order chi connectivity index (χ1) is 6.47. The summed E-state index contributed by atoms with van der Waals surface area (Å²) in [5, 5.41) is 0. The van der Waals surface area contributed by atoms with Crippen molar-refractivity contribution in [2.24, 2.45) is 11.8 Å². The van der Waals surface area contributed by atoms with Gasteiger partial charge in [0.15, 0.2) is 0 Å². The van der Waals surface area contributed by atoms with Gasteiger partial charge in [0, 0.05) is 30.3 Å². The van der Waals surface area contributed by atoms with Crippen LogP contribution in [0, 0.1) is 11.8 Å². The summed E-state index contributed by atoms with van der Waals surface area (Å²) < 4.78 is 23.7. The standard InChI is InChI=1S/C8H15ClN2O2S/c1-10-3-2-7-5-11(14(9,12)13)6-8(7)4-10/h7-8H,2-6H2,1H3. The van der Waals surface area contributed by atoms with Crippen molar-refractivity contribution in [2.75, 3.05) is 33.2 Å². The maximum Gasteiger partial charge on any atom is 0.299 e. The summed E-state index contributed by atoms with van der Waals surface area (Å²) in [5.41, 5.74) is 0. The molecule has 2 atom stereocenters. The molecule has 2 rings (SSSR count). The molecule has 4 nitrogen and oxygen atoms in total. The summed E-state index contributed by atoms with van der Waals surface area (Å²) in [7, 11) is 3.91. The summed E-state index contributed by atoms with van der Waals surface area (Å²) >= 11 is 0. The fraction of sp³-hybridized carbons (Fsp3) is 1.00. The largest absolute Gasteiger partial charge is 0.306 e. The van der Waals surface area contributed by atoms with E-state index in [1.165, 1.54) is 4.31 Å². The van der Waals surface area contributed by atoms with Gasteiger partial charge in [-0.15, -0.1) is 0 Å². The minimum atomic E-state index is -3.49. The third-order valence-electron chi connectivity index (χ3n) is 3.28. The topological polar surface area (TPSA) is 40.6 Å². The zero-order chi connectivity index (χ0) is 10.3. The van der Waals surface area contributed by atoms with Gasteiger partial charge in [0.05, 0.1) is 0 Å². The van der Waals surface area contributed by atoms with E-state index in [0.717, 1.165) is 19.5 Å². The summed E-state index contributed by atoms with van der Waals surface area (Å²) in [5.74, 6) is 0.988. The number of nitrogens with zero attached hydrogens (tertiary/aromatic N) is 2. The van der Waals surface area contributed by atoms with E-state index in [-0.39, 0.29) is 0 Å². The lowest BCUT2D eigenvalue weighted by molar-refractivity contribution is 0.178. The Morgan fingerprint density at radius 3 is 2.50 bits per heavy atom. The van der Waals surface area contributed by atoms with Crippen molar-refractivity contribution in [1.29, 1.82) is 0 Å². The van der Waals surface area contributed by atoms with Gasteiger partial charge in [-0.2, -0.15) is 12.7 Å². The first-order valence-electron chi connectivity index (χ1n) is 4.85. The molecule has 0 amide bonds. The molecule has 2 saturated heterocycles. The van der Waals surface area contributed by atoms with Crippen LogP contribution in [0.5, 0.6) is 0 Å². The van der Waals surface area contributed by atoms with Crippen LogP contribution in [0.2, 0.25) is 0 Å². The van der Waals surface area contributed by atoms with Gasteiger partial charge in [-0.25, -0.2) is 0 Å². The Balaban J connectivity index is 2.06. The molecule has 14 heavy (non-hydrogen) atoms. The zero-order valence-electron chi connectivity index (χ0n) is 8.19. The van der Waals surface area contributed by atoms with Gasteiger partial charge in [0.25, 0.3) is 9.24 Å². The SMILES string of the molecule is CN1CCC2CN(S(=O)(=O)Cl)CC2C1. The second-order valence-electron chi connectivity index (χ2n) is 4.33. The van der Waals surface area contributed by atoms with Crippen molar-refractivity contribution in [2.45, 2.75) is 6.42 Å². The fourth-order valence-corrected chi connectivity index (χ4v) is 3.56. The maximum atomic E-state index is 11.1. The highest BCUT2D eigenvalue weighted by Crippen LogP contribution is 2.32. The number of hydrogen-bond donors (Lipinski definition) is 0. The molecule has 82 valence electrons. The van der Waals surface area contributed by atoms with E-state index in [2.05, 4.69) is 11.9 Å². The average molecular weight is 239 g/mol. The molecule has 2 heterocycles. The molecule has 2 fully saturated rings. The van der Waals surface area contributed by atoms with Crippen molar-refractivity contribution < 1.29 is 8.42 Å². The van der Waals surface area contributed by atoms with Crippen LogP contribution in [0.3, 0.4) is 0 Å². The summed E-state index contributed by atoms with van der Waals surface area (Å²) in [4.78, 5) is 2.26. The number of halogens is 1. The first kappa shape index (κ1) is 10.7. The van der Waals surface area contributed by atoms with Crippen LogP contribution in [0.4, 0.5) is 0 Å². The van der Waals surface area contributed by atoms with Crippen LogP contribution in [0.15, 0.2) is 0 Å². The highest BCUT2D eigenvalue weighted by atomic mass is 35.7. The summed E-state index contributed by atoms with van der Waals surface area (Å²) in [6.45, 7) is 3.27. The van der Waals surface area contributed by atoms with Crippen LogP contribution < -0.4 is 0 Å². The van der Waals surface area contributed by atoms with Gasteiger partial charge in [0.1, 0.15) is 0 Å². The Labute approximate surface area is 89.4 Å². The van der Waals surface area contributed by atoms with E-state index in [4.69, 9.17) is 10.7 Å². The normalized spacial score (nSPS) is 35.9. The lowest BCUT2D eigenvalue weighted by Crippen LogP contribution is -2.37. The molecule has 0 aromatic carbocycles. The highest BCUT2D eigenvalue weighted by Gasteiger charge is 2.40. The molecule has 0 saturated carbocycles. The minimum Gasteiger partial charge on any atom is -0.306 e. The van der Waals surface area contributed by atoms with Crippen LogP contribution in [-0.4, -0.2) is 50.8 Å². The van der Waals surface area contributed by atoms with E-state index in [9.17, 15) is 8.42 Å². The van der Waals surface area contributed by atoms with Crippen molar-refractivity contribution in [1.82, 2.24) is 9.21 Å². The molecule has 0 bridgehead atoms. The van der Waals surface area contributed by atoms with Gasteiger partial charge in [-0.1, -0.05) is 0 Å². The molecule has 2 aliphatic rings. The van der Waals surface area contributed by atoms with Crippen LogP contribution in [0.1, 0.15) is 6.42 Å². The second-order valence-corrected chi connectivity index (χ2v) is 6.84. The predicted octanol–water partition coefficient (Wildman–Crippen LogP) is 0.353. The monoisotopic (exact) mass is 238 g/mol. The Kier molecular flexibility index (Phi) is 2.76. The Hall–Kier alpha value is 0.160. The van der Waals surface area contributed by atoms with E-state index in [0.29, 0.717) is 24.9 Å². The van der Waals surface area contributed by atoms with E-state index in [1.807, 2.05) is 0 Å². The highest BCUT2D eigenvalue weighted by molar-refractivity contribution is 8.11. The molecule has 0 spiro atoms. The van der Waals surface area contributed by atoms with E-state index in [1.54, 1.807) is 0 Å². The average Bonchev–Trinajstić information content (AvgIpc) is 2.45. The Bertz CT molecular complexity index is 319. The van der Waals surface area contributed by atoms with E-state index < -0.39 is 9.24 Å². The molecule has 0 N–H and O–H groups in total. The first-order valence-corrected chi connectivity index (χ1v) is 7.11. The molecule has 6 heteroatoms. The third-order valence-corrected chi connectivity index (χ3v) is 4.78. The van der Waals surface area contributed by atoms with Gasteiger partial charge in [-0.3, -0.25) is 0 Å². The number of rotatable bonds is 1. The smallest absolute Gasteiger partial charge is 0.299 e.